The van der Waals surface area contributed by atoms with Gasteiger partial charge in [-0.15, -0.1) is 0 Å². The van der Waals surface area contributed by atoms with E-state index in [0.29, 0.717) is 24.8 Å². The van der Waals surface area contributed by atoms with Crippen molar-refractivity contribution >= 4 is 11.8 Å². The average molecular weight is 212 g/mol. The van der Waals surface area contributed by atoms with Crippen LogP contribution in [0.5, 0.6) is 0 Å². The van der Waals surface area contributed by atoms with Crippen LogP contribution in [0.2, 0.25) is 0 Å². The third kappa shape index (κ3) is 7.73. The Hall–Kier alpha value is -1.32. The molecule has 0 rings (SSSR count). The van der Waals surface area contributed by atoms with Gasteiger partial charge in [-0.1, -0.05) is 25.8 Å². The number of rotatable bonds is 8. The van der Waals surface area contributed by atoms with Crippen molar-refractivity contribution in [1.29, 1.82) is 0 Å². The van der Waals surface area contributed by atoms with Crippen molar-refractivity contribution in [1.82, 2.24) is 0 Å². The summed E-state index contributed by atoms with van der Waals surface area (Å²) in [6.07, 6.45) is 6.31. The molecule has 4 N–H and O–H groups in total. The van der Waals surface area contributed by atoms with Gasteiger partial charge in [0.1, 0.15) is 0 Å². The number of primary amides is 2. The van der Waals surface area contributed by atoms with Crippen molar-refractivity contribution in [3.63, 3.8) is 0 Å². The number of hydrogen-bond donors (Lipinski definition) is 2. The smallest absolute Gasteiger partial charge is 0.244 e. The van der Waals surface area contributed by atoms with E-state index in [-0.39, 0.29) is 5.91 Å². The summed E-state index contributed by atoms with van der Waals surface area (Å²) in [5, 5.41) is 0. The molecule has 0 radical (unpaired) electrons. The molecular formula is C11H20N2O2. The number of nitrogens with two attached hydrogens (primary N) is 2. The Morgan fingerprint density at radius 2 is 1.80 bits per heavy atom. The van der Waals surface area contributed by atoms with Crippen LogP contribution >= 0.6 is 0 Å². The fourth-order valence-electron chi connectivity index (χ4n) is 1.26. The third-order valence-electron chi connectivity index (χ3n) is 2.13. The van der Waals surface area contributed by atoms with Crippen LogP contribution in [0.3, 0.4) is 0 Å². The van der Waals surface area contributed by atoms with E-state index in [1.54, 1.807) is 0 Å². The topological polar surface area (TPSA) is 86.2 Å². The monoisotopic (exact) mass is 212 g/mol. The van der Waals surface area contributed by atoms with Gasteiger partial charge in [0.15, 0.2) is 0 Å². The van der Waals surface area contributed by atoms with Gasteiger partial charge in [-0.2, -0.15) is 0 Å². The molecule has 0 unspecified atom stereocenters. The number of hydrogen-bond acceptors (Lipinski definition) is 2. The standard InChI is InChI=1S/C11H20N2O2/c1-2-3-4-6-9(11(13)15)7-5-8-10(12)14/h6H,2-5,7-8H2,1H3,(H2,12,14)(H2,13,15). The summed E-state index contributed by atoms with van der Waals surface area (Å²) < 4.78 is 0. The summed E-state index contributed by atoms with van der Waals surface area (Å²) in [7, 11) is 0. The van der Waals surface area contributed by atoms with E-state index in [4.69, 9.17) is 11.5 Å². The van der Waals surface area contributed by atoms with Gasteiger partial charge < -0.3 is 11.5 Å². The maximum atomic E-state index is 11.0. The summed E-state index contributed by atoms with van der Waals surface area (Å²) in [5.74, 6) is -0.733. The van der Waals surface area contributed by atoms with Gasteiger partial charge in [0.25, 0.3) is 0 Å². The highest BCUT2D eigenvalue weighted by molar-refractivity contribution is 5.91. The molecule has 0 saturated heterocycles. The molecule has 0 spiro atoms. The van der Waals surface area contributed by atoms with Crippen molar-refractivity contribution < 1.29 is 9.59 Å². The number of carbonyl (C=O) groups is 2. The molecule has 0 fully saturated rings. The van der Waals surface area contributed by atoms with Crippen LogP contribution in [0.15, 0.2) is 11.6 Å². The molecule has 4 heteroatoms. The van der Waals surface area contributed by atoms with Crippen LogP contribution in [0, 0.1) is 0 Å². The Kier molecular flexibility index (Phi) is 7.32. The van der Waals surface area contributed by atoms with Crippen LogP contribution in [0.25, 0.3) is 0 Å². The Bertz CT molecular complexity index is 247. The number of unbranched alkanes of at least 4 members (excludes halogenated alkanes) is 2. The second kappa shape index (κ2) is 8.03. The molecule has 0 aromatic carbocycles. The van der Waals surface area contributed by atoms with Crippen molar-refractivity contribution in [3.8, 4) is 0 Å². The predicted octanol–water partition coefficient (Wildman–Crippen LogP) is 1.24. The van der Waals surface area contributed by atoms with E-state index >= 15 is 0 Å². The van der Waals surface area contributed by atoms with Gasteiger partial charge in [-0.25, -0.2) is 0 Å². The van der Waals surface area contributed by atoms with E-state index < -0.39 is 5.91 Å². The zero-order chi connectivity index (χ0) is 11.7. The van der Waals surface area contributed by atoms with Crippen molar-refractivity contribution in [2.24, 2.45) is 11.5 Å². The lowest BCUT2D eigenvalue weighted by atomic mass is 10.1. The van der Waals surface area contributed by atoms with Gasteiger partial charge in [-0.3, -0.25) is 9.59 Å². The van der Waals surface area contributed by atoms with E-state index in [1.807, 2.05) is 6.08 Å². The minimum absolute atomic E-state index is 0.304. The summed E-state index contributed by atoms with van der Waals surface area (Å²) in [4.78, 5) is 21.5. The highest BCUT2D eigenvalue weighted by Crippen LogP contribution is 2.09. The summed E-state index contributed by atoms with van der Waals surface area (Å²) in [5.41, 5.74) is 10.8. The second-order valence-electron chi connectivity index (χ2n) is 3.56. The lowest BCUT2D eigenvalue weighted by Gasteiger charge is -2.02. The van der Waals surface area contributed by atoms with Crippen molar-refractivity contribution in [2.45, 2.75) is 45.4 Å². The number of amides is 2. The van der Waals surface area contributed by atoms with E-state index in [1.165, 1.54) is 0 Å². The maximum absolute atomic E-state index is 11.0. The first kappa shape index (κ1) is 13.7. The Morgan fingerprint density at radius 1 is 1.13 bits per heavy atom. The van der Waals surface area contributed by atoms with Crippen LogP contribution < -0.4 is 11.5 Å². The third-order valence-corrected chi connectivity index (χ3v) is 2.13. The molecule has 0 aliphatic rings. The first-order valence-electron chi connectivity index (χ1n) is 5.35. The highest BCUT2D eigenvalue weighted by Gasteiger charge is 2.05. The SMILES string of the molecule is CCCCC=C(CCCC(N)=O)C(N)=O. The molecule has 0 saturated carbocycles. The fourth-order valence-corrected chi connectivity index (χ4v) is 1.26. The highest BCUT2D eigenvalue weighted by atomic mass is 16.1. The van der Waals surface area contributed by atoms with Crippen LogP contribution in [-0.2, 0) is 9.59 Å². The summed E-state index contributed by atoms with van der Waals surface area (Å²) in [6.45, 7) is 2.09. The van der Waals surface area contributed by atoms with E-state index in [9.17, 15) is 9.59 Å². The van der Waals surface area contributed by atoms with Gasteiger partial charge >= 0.3 is 0 Å². The quantitative estimate of drug-likeness (QED) is 0.468. The van der Waals surface area contributed by atoms with Crippen molar-refractivity contribution in [3.05, 3.63) is 11.6 Å². The normalized spacial score (nSPS) is 11.4. The van der Waals surface area contributed by atoms with Crippen LogP contribution in [0.4, 0.5) is 0 Å². The van der Waals surface area contributed by atoms with Crippen LogP contribution in [0.1, 0.15) is 45.4 Å². The minimum atomic E-state index is -0.393. The zero-order valence-electron chi connectivity index (χ0n) is 9.29. The first-order valence-corrected chi connectivity index (χ1v) is 5.35. The van der Waals surface area contributed by atoms with E-state index in [0.717, 1.165) is 19.3 Å². The van der Waals surface area contributed by atoms with Crippen molar-refractivity contribution in [2.75, 3.05) is 0 Å². The zero-order valence-corrected chi connectivity index (χ0v) is 9.29. The molecule has 0 aromatic heterocycles. The molecule has 0 atom stereocenters. The molecule has 86 valence electrons. The Morgan fingerprint density at radius 3 is 2.27 bits per heavy atom. The maximum Gasteiger partial charge on any atom is 0.244 e. The molecule has 15 heavy (non-hydrogen) atoms. The molecule has 0 heterocycles. The van der Waals surface area contributed by atoms with Gasteiger partial charge in [0.2, 0.25) is 11.8 Å². The van der Waals surface area contributed by atoms with E-state index in [2.05, 4.69) is 6.92 Å². The van der Waals surface area contributed by atoms with Gasteiger partial charge in [0, 0.05) is 12.0 Å². The summed E-state index contributed by atoms with van der Waals surface area (Å²) >= 11 is 0. The lowest BCUT2D eigenvalue weighted by molar-refractivity contribution is -0.118. The molecule has 0 bridgehead atoms. The fraction of sp³-hybridized carbons (Fsp3) is 0.636. The summed E-state index contributed by atoms with van der Waals surface area (Å²) in [6, 6.07) is 0. The Labute approximate surface area is 90.7 Å². The molecule has 4 nitrogen and oxygen atoms in total. The molecule has 0 aromatic rings. The number of carbonyl (C=O) groups excluding carboxylic acids is 2. The molecule has 2 amide bonds. The van der Waals surface area contributed by atoms with Gasteiger partial charge in [-0.05, 0) is 19.3 Å². The van der Waals surface area contributed by atoms with Crippen LogP contribution in [-0.4, -0.2) is 11.8 Å². The average Bonchev–Trinajstić information content (AvgIpc) is 2.15. The van der Waals surface area contributed by atoms with Gasteiger partial charge in [0.05, 0.1) is 0 Å². The molecule has 0 aliphatic heterocycles. The number of allylic oxidation sites excluding steroid dienone is 1. The second-order valence-corrected chi connectivity index (χ2v) is 3.56. The first-order chi connectivity index (χ1) is 7.07. The minimum Gasteiger partial charge on any atom is -0.370 e. The Balaban J connectivity index is 3.98. The largest absolute Gasteiger partial charge is 0.370 e. The molecule has 0 aliphatic carbocycles. The lowest BCUT2D eigenvalue weighted by Crippen LogP contribution is -2.15. The molecular weight excluding hydrogens is 192 g/mol. The predicted molar refractivity (Wildman–Crippen MR) is 59.8 cm³/mol.